The first kappa shape index (κ1) is 26.9. The van der Waals surface area contributed by atoms with Gasteiger partial charge in [0.15, 0.2) is 12.4 Å². The first-order valence-corrected chi connectivity index (χ1v) is 13.9. The molecule has 0 saturated heterocycles. The van der Waals surface area contributed by atoms with Gasteiger partial charge in [0.2, 0.25) is 11.1 Å². The highest BCUT2D eigenvalue weighted by molar-refractivity contribution is 7.99. The summed E-state index contributed by atoms with van der Waals surface area (Å²) in [4.78, 5) is 25.1. The average Bonchev–Trinajstić information content (AvgIpc) is 3.68. The summed E-state index contributed by atoms with van der Waals surface area (Å²) in [6.45, 7) is 0.393. The van der Waals surface area contributed by atoms with E-state index in [4.69, 9.17) is 23.2 Å². The molecule has 1 fully saturated rings. The summed E-state index contributed by atoms with van der Waals surface area (Å²) in [5.74, 6) is -0.00289. The van der Waals surface area contributed by atoms with Gasteiger partial charge < -0.3 is 15.8 Å². The molecule has 0 unspecified atom stereocenters. The van der Waals surface area contributed by atoms with Gasteiger partial charge in [0.25, 0.3) is 5.91 Å². The van der Waals surface area contributed by atoms with Crippen LogP contribution < -0.4 is 15.4 Å². The lowest BCUT2D eigenvalue weighted by molar-refractivity contribution is -0.605. The third kappa shape index (κ3) is 6.86. The fourth-order valence-corrected chi connectivity index (χ4v) is 5.07. The number of tetrazole rings is 1. The molecule has 2 heterocycles. The predicted octanol–water partition coefficient (Wildman–Crippen LogP) is 4.18. The van der Waals surface area contributed by atoms with E-state index in [-0.39, 0.29) is 22.6 Å². The van der Waals surface area contributed by atoms with Gasteiger partial charge >= 0.3 is 0 Å². The summed E-state index contributed by atoms with van der Waals surface area (Å²) in [6.07, 6.45) is 5.75. The summed E-state index contributed by atoms with van der Waals surface area (Å²) < 4.78 is 2.21. The first-order chi connectivity index (χ1) is 18.9. The number of carbonyl (C=O) groups excluding carboxylic acids is 2. The van der Waals surface area contributed by atoms with Crippen LogP contribution in [0.25, 0.3) is 5.69 Å². The highest BCUT2D eigenvalue weighted by Crippen LogP contribution is 2.41. The molecule has 0 atom stereocenters. The molecule has 13 heteroatoms. The van der Waals surface area contributed by atoms with Gasteiger partial charge in [-0.1, -0.05) is 41.0 Å². The molecule has 2 N–H and O–H groups in total. The Morgan fingerprint density at radius 1 is 1.08 bits per heavy atom. The lowest BCUT2D eigenvalue weighted by Crippen LogP contribution is -2.27. The van der Waals surface area contributed by atoms with Gasteiger partial charge in [-0.3, -0.25) is 9.59 Å². The van der Waals surface area contributed by atoms with Crippen molar-refractivity contribution in [3.63, 3.8) is 0 Å². The Morgan fingerprint density at radius 2 is 1.87 bits per heavy atom. The molecular formula is C26H23Cl2N7O3S. The molecule has 1 saturated carbocycles. The van der Waals surface area contributed by atoms with E-state index in [1.807, 2.05) is 18.2 Å². The van der Waals surface area contributed by atoms with Crippen molar-refractivity contribution in [2.45, 2.75) is 30.3 Å². The Labute approximate surface area is 238 Å². The molecule has 5 rings (SSSR count). The topological polar surface area (TPSA) is 129 Å². The van der Waals surface area contributed by atoms with Gasteiger partial charge in [0, 0.05) is 24.2 Å². The summed E-state index contributed by atoms with van der Waals surface area (Å²) >= 11 is 14.0. The zero-order valence-corrected chi connectivity index (χ0v) is 22.8. The van der Waals surface area contributed by atoms with E-state index in [9.17, 15) is 14.8 Å². The van der Waals surface area contributed by atoms with E-state index in [2.05, 4.69) is 26.2 Å². The number of anilines is 1. The maximum Gasteiger partial charge on any atom is 0.251 e. The van der Waals surface area contributed by atoms with Crippen LogP contribution in [0.5, 0.6) is 0 Å². The summed E-state index contributed by atoms with van der Waals surface area (Å²) in [5, 5.41) is 29.7. The molecule has 1 aliphatic carbocycles. The molecule has 39 heavy (non-hydrogen) atoms. The Balaban J connectivity index is 1.13. The Hall–Kier alpha value is -3.67. The molecule has 10 nitrogen and oxygen atoms in total. The van der Waals surface area contributed by atoms with Crippen LogP contribution in [0, 0.1) is 5.21 Å². The van der Waals surface area contributed by atoms with Crippen molar-refractivity contribution in [2.75, 3.05) is 17.6 Å². The van der Waals surface area contributed by atoms with Gasteiger partial charge in [-0.05, 0) is 77.1 Å². The van der Waals surface area contributed by atoms with E-state index >= 15 is 0 Å². The molecule has 0 radical (unpaired) electrons. The van der Waals surface area contributed by atoms with Crippen LogP contribution in [0.3, 0.4) is 0 Å². The molecule has 4 aromatic rings. The third-order valence-electron chi connectivity index (χ3n) is 6.10. The van der Waals surface area contributed by atoms with Gasteiger partial charge in [-0.15, -0.1) is 5.10 Å². The van der Waals surface area contributed by atoms with Crippen molar-refractivity contribution < 1.29 is 14.3 Å². The molecule has 2 aromatic carbocycles. The van der Waals surface area contributed by atoms with Crippen LogP contribution in [0.4, 0.5) is 5.69 Å². The minimum atomic E-state index is -0.314. The number of aromatic nitrogens is 5. The Bertz CT molecular complexity index is 1510. The number of amides is 2. The number of pyridine rings is 1. The molecule has 200 valence electrons. The second kappa shape index (κ2) is 12.0. The number of halogens is 2. The minimum absolute atomic E-state index is 0.0303. The van der Waals surface area contributed by atoms with Crippen molar-refractivity contribution in [3.05, 3.63) is 92.9 Å². The van der Waals surface area contributed by atoms with Gasteiger partial charge in [0.05, 0.1) is 27.2 Å². The number of carbonyl (C=O) groups is 2. The van der Waals surface area contributed by atoms with Crippen molar-refractivity contribution in [3.8, 4) is 5.69 Å². The van der Waals surface area contributed by atoms with Crippen molar-refractivity contribution in [1.82, 2.24) is 25.5 Å². The lowest BCUT2D eigenvalue weighted by Gasteiger charge is -2.10. The van der Waals surface area contributed by atoms with Crippen LogP contribution in [0.1, 0.15) is 40.2 Å². The second-order valence-corrected chi connectivity index (χ2v) is 10.7. The van der Waals surface area contributed by atoms with Gasteiger partial charge in [-0.25, -0.2) is 0 Å². The molecule has 0 spiro atoms. The van der Waals surface area contributed by atoms with Crippen LogP contribution in [0.15, 0.2) is 66.1 Å². The van der Waals surface area contributed by atoms with Gasteiger partial charge in [0.1, 0.15) is 0 Å². The van der Waals surface area contributed by atoms with E-state index in [0.29, 0.717) is 50.7 Å². The van der Waals surface area contributed by atoms with E-state index in [1.54, 1.807) is 24.3 Å². The summed E-state index contributed by atoms with van der Waals surface area (Å²) in [7, 11) is 0. The van der Waals surface area contributed by atoms with Crippen molar-refractivity contribution in [2.24, 2.45) is 0 Å². The van der Waals surface area contributed by atoms with Gasteiger partial charge in [-0.2, -0.15) is 9.41 Å². The monoisotopic (exact) mass is 583 g/mol. The number of rotatable bonds is 10. The number of thioether (sulfide) groups is 1. The normalized spacial score (nSPS) is 12.8. The Morgan fingerprint density at radius 3 is 2.59 bits per heavy atom. The maximum atomic E-state index is 12.6. The fourth-order valence-electron chi connectivity index (χ4n) is 3.89. The fraction of sp³-hybridized carbons (Fsp3) is 0.231. The molecule has 1 aliphatic rings. The van der Waals surface area contributed by atoms with Crippen molar-refractivity contribution >= 4 is 52.5 Å². The highest BCUT2D eigenvalue weighted by atomic mass is 35.5. The standard InChI is InChI=1S/C26H23Cl2N7O3S/c27-20-14-19(25(37)29-10-7-16-8-11-34(38)12-9-16)3-5-22(20)30-24(36)15-39-26-31-32-33-35(26)23-6-4-18(13-21(23)28)17-1-2-17/h3-6,8-9,11-14,17H,1-2,7,10,15H2,(H,29,37)(H,30,36). The number of hydrogen-bond donors (Lipinski definition) is 2. The lowest BCUT2D eigenvalue weighted by atomic mass is 10.1. The molecule has 2 aromatic heterocycles. The third-order valence-corrected chi connectivity index (χ3v) is 7.63. The predicted molar refractivity (Wildman–Crippen MR) is 148 cm³/mol. The first-order valence-electron chi connectivity index (χ1n) is 12.1. The van der Waals surface area contributed by atoms with Crippen molar-refractivity contribution in [1.29, 1.82) is 0 Å². The highest BCUT2D eigenvalue weighted by Gasteiger charge is 2.24. The zero-order chi connectivity index (χ0) is 27.4. The quantitative estimate of drug-likeness (QED) is 0.163. The summed E-state index contributed by atoms with van der Waals surface area (Å²) in [6, 6.07) is 13.9. The molecule has 0 bridgehead atoms. The van der Waals surface area contributed by atoms with Crippen LogP contribution in [-0.2, 0) is 11.2 Å². The van der Waals surface area contributed by atoms with Crippen LogP contribution in [0.2, 0.25) is 10.0 Å². The zero-order valence-electron chi connectivity index (χ0n) is 20.5. The van der Waals surface area contributed by atoms with Crippen LogP contribution >= 0.6 is 35.0 Å². The number of nitrogens with one attached hydrogen (secondary N) is 2. The molecule has 2 amide bonds. The van der Waals surface area contributed by atoms with E-state index in [0.717, 1.165) is 17.3 Å². The SMILES string of the molecule is O=C(CSc1nnnn1-c1ccc(C2CC2)cc1Cl)Nc1ccc(C(=O)NCCc2cc[n+]([O-])cc2)cc1Cl. The van der Waals surface area contributed by atoms with Crippen LogP contribution in [-0.4, -0.2) is 44.3 Å². The number of hydrogen-bond acceptors (Lipinski definition) is 7. The Kier molecular flexibility index (Phi) is 8.30. The van der Waals surface area contributed by atoms with E-state index in [1.165, 1.54) is 41.5 Å². The summed E-state index contributed by atoms with van der Waals surface area (Å²) in [5.41, 5.74) is 3.52. The molecule has 0 aliphatic heterocycles. The maximum absolute atomic E-state index is 12.6. The molecular weight excluding hydrogens is 561 g/mol. The average molecular weight is 584 g/mol. The number of nitrogens with zero attached hydrogens (tertiary/aromatic N) is 5. The smallest absolute Gasteiger partial charge is 0.251 e. The van der Waals surface area contributed by atoms with E-state index < -0.39 is 0 Å². The number of benzene rings is 2. The minimum Gasteiger partial charge on any atom is -0.619 e. The largest absolute Gasteiger partial charge is 0.619 e. The second-order valence-electron chi connectivity index (χ2n) is 8.96.